The second kappa shape index (κ2) is 8.12. The fourth-order valence-corrected chi connectivity index (χ4v) is 3.90. The number of hydrogen-bond donors (Lipinski definition) is 1. The zero-order valence-electron chi connectivity index (χ0n) is 17.7. The van der Waals surface area contributed by atoms with Gasteiger partial charge in [-0.25, -0.2) is 17.8 Å². The van der Waals surface area contributed by atoms with Crippen LogP contribution in [0.2, 0.25) is 0 Å². The number of anilines is 1. The predicted molar refractivity (Wildman–Crippen MR) is 120 cm³/mol. The zero-order valence-corrected chi connectivity index (χ0v) is 18.5. The number of hydrogen-bond acceptors (Lipinski definition) is 5. The lowest BCUT2D eigenvalue weighted by Crippen LogP contribution is -2.19. The van der Waals surface area contributed by atoms with Crippen molar-refractivity contribution in [2.75, 3.05) is 10.5 Å². The molecule has 2 heterocycles. The molecule has 0 saturated heterocycles. The Kier molecular flexibility index (Phi) is 5.47. The van der Waals surface area contributed by atoms with Crippen LogP contribution in [0.15, 0.2) is 59.9 Å². The Balaban J connectivity index is 1.94. The number of benzene rings is 2. The summed E-state index contributed by atoms with van der Waals surface area (Å²) in [6.45, 7) is 3.33. The van der Waals surface area contributed by atoms with Gasteiger partial charge in [-0.15, -0.1) is 0 Å². The number of nitrogens with zero attached hydrogens (tertiary/aromatic N) is 3. The van der Waals surface area contributed by atoms with Gasteiger partial charge in [-0.1, -0.05) is 6.07 Å². The fourth-order valence-electron chi connectivity index (χ4n) is 3.27. The van der Waals surface area contributed by atoms with Crippen molar-refractivity contribution in [3.05, 3.63) is 76.9 Å². The molecular weight excluding hydrogens is 435 g/mol. The van der Waals surface area contributed by atoms with Crippen molar-refractivity contribution in [2.24, 2.45) is 7.05 Å². The summed E-state index contributed by atoms with van der Waals surface area (Å²) in [5, 5.41) is 0. The Hall–Kier alpha value is -3.66. The number of halogens is 1. The molecule has 0 aliphatic carbocycles. The molecule has 8 nitrogen and oxygen atoms in total. The van der Waals surface area contributed by atoms with Gasteiger partial charge >= 0.3 is 0 Å². The van der Waals surface area contributed by atoms with Gasteiger partial charge in [0.05, 0.1) is 24.0 Å². The maximum Gasteiger partial charge on any atom is 0.276 e. The van der Waals surface area contributed by atoms with E-state index in [0.717, 1.165) is 5.56 Å². The number of aryl methyl sites for hydroxylation is 2. The Morgan fingerprint density at radius 2 is 1.94 bits per heavy atom. The first-order valence-electron chi connectivity index (χ1n) is 9.79. The van der Waals surface area contributed by atoms with E-state index < -0.39 is 15.8 Å². The lowest BCUT2D eigenvalue weighted by Gasteiger charge is -2.17. The molecule has 0 fully saturated rings. The van der Waals surface area contributed by atoms with Gasteiger partial charge in [-0.2, -0.15) is 0 Å². The molecule has 0 unspecified atom stereocenters. The van der Waals surface area contributed by atoms with Crippen LogP contribution in [0, 0.1) is 12.7 Å². The van der Waals surface area contributed by atoms with Crippen molar-refractivity contribution in [1.82, 2.24) is 14.0 Å². The molecule has 4 aromatic rings. The average molecular weight is 456 g/mol. The molecule has 0 amide bonds. The Morgan fingerprint density at radius 1 is 1.16 bits per heavy atom. The number of ether oxygens (including phenoxy) is 1. The predicted octanol–water partition coefficient (Wildman–Crippen LogP) is 3.70. The summed E-state index contributed by atoms with van der Waals surface area (Å²) in [4.78, 5) is 16.5. The van der Waals surface area contributed by atoms with Crippen molar-refractivity contribution in [3.8, 4) is 22.8 Å². The molecule has 0 radical (unpaired) electrons. The summed E-state index contributed by atoms with van der Waals surface area (Å²) in [6, 6.07) is 8.99. The second-order valence-corrected chi connectivity index (χ2v) is 9.32. The van der Waals surface area contributed by atoms with E-state index in [-0.39, 0.29) is 11.3 Å². The molecule has 0 atom stereocenters. The third kappa shape index (κ3) is 4.09. The monoisotopic (exact) mass is 456 g/mol. The van der Waals surface area contributed by atoms with E-state index in [4.69, 9.17) is 4.74 Å². The van der Waals surface area contributed by atoms with Crippen molar-refractivity contribution in [1.29, 1.82) is 0 Å². The topological polar surface area (TPSA) is 94.7 Å². The molecule has 32 heavy (non-hydrogen) atoms. The van der Waals surface area contributed by atoms with Gasteiger partial charge in [0.15, 0.2) is 0 Å². The minimum Gasteiger partial charge on any atom is -0.456 e. The van der Waals surface area contributed by atoms with Crippen molar-refractivity contribution >= 4 is 21.2 Å². The summed E-state index contributed by atoms with van der Waals surface area (Å²) >= 11 is 0. The largest absolute Gasteiger partial charge is 0.456 e. The molecule has 10 heteroatoms. The maximum atomic E-state index is 13.8. The van der Waals surface area contributed by atoms with Crippen molar-refractivity contribution in [2.45, 2.75) is 13.8 Å². The molecule has 2 aromatic heterocycles. The summed E-state index contributed by atoms with van der Waals surface area (Å²) < 4.78 is 49.6. The third-order valence-electron chi connectivity index (χ3n) is 5.03. The van der Waals surface area contributed by atoms with Crippen LogP contribution in [-0.4, -0.2) is 28.1 Å². The second-order valence-electron chi connectivity index (χ2n) is 7.31. The minimum atomic E-state index is -3.52. The Morgan fingerprint density at radius 3 is 2.69 bits per heavy atom. The quantitative estimate of drug-likeness (QED) is 0.477. The first-order chi connectivity index (χ1) is 15.2. The first kappa shape index (κ1) is 21.6. The first-order valence-corrected chi connectivity index (χ1v) is 11.4. The number of nitrogens with one attached hydrogen (secondary N) is 1. The molecule has 0 aliphatic rings. The van der Waals surface area contributed by atoms with E-state index in [1.807, 2.05) is 0 Å². The van der Waals surface area contributed by atoms with Gasteiger partial charge in [0.1, 0.15) is 22.8 Å². The van der Waals surface area contributed by atoms with Gasteiger partial charge in [-0.3, -0.25) is 13.9 Å². The summed E-state index contributed by atoms with van der Waals surface area (Å²) in [5.74, 6) is 0.138. The van der Waals surface area contributed by atoms with Crippen molar-refractivity contribution < 1.29 is 17.5 Å². The maximum absolute atomic E-state index is 13.8. The van der Waals surface area contributed by atoms with Crippen LogP contribution in [0.1, 0.15) is 12.5 Å². The fraction of sp³-hybridized carbons (Fsp3) is 0.182. The average Bonchev–Trinajstić information content (AvgIpc) is 3.24. The Labute approximate surface area is 184 Å². The highest BCUT2D eigenvalue weighted by Crippen LogP contribution is 2.37. The number of rotatable bonds is 6. The van der Waals surface area contributed by atoms with Gasteiger partial charge in [0.2, 0.25) is 10.0 Å². The Bertz CT molecular complexity index is 1490. The van der Waals surface area contributed by atoms with Gasteiger partial charge in [-0.05, 0) is 43.7 Å². The van der Waals surface area contributed by atoms with Crippen LogP contribution in [0.3, 0.4) is 0 Å². The third-order valence-corrected chi connectivity index (χ3v) is 6.34. The molecule has 0 spiro atoms. The highest BCUT2D eigenvalue weighted by atomic mass is 32.2. The highest BCUT2D eigenvalue weighted by Gasteiger charge is 2.17. The van der Waals surface area contributed by atoms with Crippen LogP contribution in [-0.2, 0) is 17.1 Å². The highest BCUT2D eigenvalue weighted by molar-refractivity contribution is 7.92. The van der Waals surface area contributed by atoms with E-state index >= 15 is 0 Å². The van der Waals surface area contributed by atoms with E-state index in [1.54, 1.807) is 48.8 Å². The standard InChI is InChI=1S/C22H21FN4O4S/c1-4-32(29,30)25-16-7-8-20(31-21-9-15(23)6-5-14(21)2)17(10-16)19-12-26(3)22(28)18-11-24-13-27(18)19/h5-13,25H,4H2,1-3H3. The molecule has 0 saturated carbocycles. The van der Waals surface area contributed by atoms with Crippen LogP contribution < -0.4 is 15.0 Å². The molecular formula is C22H21FN4O4S. The summed E-state index contributed by atoms with van der Waals surface area (Å²) in [7, 11) is -1.91. The number of fused-ring (bicyclic) bond motifs is 1. The lowest BCUT2D eigenvalue weighted by molar-refractivity contribution is 0.474. The van der Waals surface area contributed by atoms with E-state index in [1.165, 1.54) is 36.1 Å². The van der Waals surface area contributed by atoms with Crippen LogP contribution in [0.4, 0.5) is 10.1 Å². The SMILES string of the molecule is CCS(=O)(=O)Nc1ccc(Oc2cc(F)ccc2C)c(-c2cn(C)c(=O)c3cncn23)c1. The number of sulfonamides is 1. The summed E-state index contributed by atoms with van der Waals surface area (Å²) in [5.41, 5.74) is 2.19. The van der Waals surface area contributed by atoms with Gasteiger partial charge < -0.3 is 9.30 Å². The van der Waals surface area contributed by atoms with Gasteiger partial charge in [0.25, 0.3) is 5.56 Å². The number of aromatic nitrogens is 3. The minimum absolute atomic E-state index is 0.0886. The molecule has 166 valence electrons. The molecule has 0 aliphatic heterocycles. The van der Waals surface area contributed by atoms with Crippen LogP contribution in [0.5, 0.6) is 11.5 Å². The van der Waals surface area contributed by atoms with Crippen LogP contribution in [0.25, 0.3) is 16.8 Å². The summed E-state index contributed by atoms with van der Waals surface area (Å²) in [6.07, 6.45) is 4.55. The molecule has 4 rings (SSSR count). The normalized spacial score (nSPS) is 11.6. The number of imidazole rings is 1. The molecule has 2 aromatic carbocycles. The molecule has 0 bridgehead atoms. The van der Waals surface area contributed by atoms with E-state index in [9.17, 15) is 17.6 Å². The zero-order chi connectivity index (χ0) is 23.0. The van der Waals surface area contributed by atoms with E-state index in [0.29, 0.717) is 34.0 Å². The molecule has 1 N–H and O–H groups in total. The lowest BCUT2D eigenvalue weighted by atomic mass is 10.1. The van der Waals surface area contributed by atoms with Crippen molar-refractivity contribution in [3.63, 3.8) is 0 Å². The smallest absolute Gasteiger partial charge is 0.276 e. The van der Waals surface area contributed by atoms with Crippen LogP contribution >= 0.6 is 0 Å². The van der Waals surface area contributed by atoms with E-state index in [2.05, 4.69) is 9.71 Å². The van der Waals surface area contributed by atoms with Gasteiger partial charge in [0, 0.05) is 30.6 Å².